The van der Waals surface area contributed by atoms with Crippen molar-refractivity contribution >= 4 is 11.7 Å². The quantitative estimate of drug-likeness (QED) is 0.581. The number of carbonyl (C=O) groups is 1. The van der Waals surface area contributed by atoms with Crippen molar-refractivity contribution in [2.75, 3.05) is 11.9 Å². The van der Waals surface area contributed by atoms with E-state index >= 15 is 0 Å². The molecule has 0 bridgehead atoms. The van der Waals surface area contributed by atoms with Gasteiger partial charge in [-0.3, -0.25) is 4.79 Å². The standard InChI is InChI=1S/C8H12N4O/c9-4-6-1-2-11-7(3-6)12-8(13)5-10/h1-3H,4-5,9-10H2,(H,11,12,13). The Hall–Kier alpha value is -1.46. The maximum atomic E-state index is 10.9. The molecule has 13 heavy (non-hydrogen) atoms. The first-order chi connectivity index (χ1) is 6.26. The lowest BCUT2D eigenvalue weighted by molar-refractivity contribution is -0.114. The van der Waals surface area contributed by atoms with Crippen LogP contribution in [0.25, 0.3) is 0 Å². The van der Waals surface area contributed by atoms with Crippen molar-refractivity contribution in [3.8, 4) is 0 Å². The summed E-state index contributed by atoms with van der Waals surface area (Å²) in [6.45, 7) is 0.378. The van der Waals surface area contributed by atoms with Gasteiger partial charge in [0.15, 0.2) is 0 Å². The van der Waals surface area contributed by atoms with E-state index in [2.05, 4.69) is 10.3 Å². The Morgan fingerprint density at radius 2 is 2.31 bits per heavy atom. The summed E-state index contributed by atoms with van der Waals surface area (Å²) in [4.78, 5) is 14.8. The predicted molar refractivity (Wildman–Crippen MR) is 49.8 cm³/mol. The Balaban J connectivity index is 2.71. The highest BCUT2D eigenvalue weighted by Gasteiger charge is 2.00. The molecule has 0 atom stereocenters. The SMILES string of the molecule is NCC(=O)Nc1cc(CN)ccn1. The van der Waals surface area contributed by atoms with Gasteiger partial charge in [0.1, 0.15) is 5.82 Å². The Bertz CT molecular complexity index is 300. The van der Waals surface area contributed by atoms with Crippen LogP contribution in [0, 0.1) is 0 Å². The molecule has 0 saturated carbocycles. The third kappa shape index (κ3) is 2.81. The molecule has 0 spiro atoms. The lowest BCUT2D eigenvalue weighted by Crippen LogP contribution is -2.22. The van der Waals surface area contributed by atoms with Gasteiger partial charge in [0.25, 0.3) is 0 Å². The summed E-state index contributed by atoms with van der Waals surface area (Å²) in [5.41, 5.74) is 11.5. The predicted octanol–water partition coefficient (Wildman–Crippen LogP) is -0.563. The highest BCUT2D eigenvalue weighted by molar-refractivity contribution is 5.91. The molecule has 0 unspecified atom stereocenters. The van der Waals surface area contributed by atoms with Crippen molar-refractivity contribution < 1.29 is 4.79 Å². The first-order valence-corrected chi connectivity index (χ1v) is 3.91. The van der Waals surface area contributed by atoms with Gasteiger partial charge in [-0.2, -0.15) is 0 Å². The largest absolute Gasteiger partial charge is 0.326 e. The maximum Gasteiger partial charge on any atom is 0.239 e. The molecule has 5 nitrogen and oxygen atoms in total. The number of nitrogens with one attached hydrogen (secondary N) is 1. The van der Waals surface area contributed by atoms with Gasteiger partial charge in [-0.25, -0.2) is 4.98 Å². The molecular weight excluding hydrogens is 168 g/mol. The van der Waals surface area contributed by atoms with Crippen LogP contribution in [0.15, 0.2) is 18.3 Å². The van der Waals surface area contributed by atoms with Crippen molar-refractivity contribution in [2.45, 2.75) is 6.54 Å². The molecule has 0 aliphatic heterocycles. The van der Waals surface area contributed by atoms with E-state index < -0.39 is 0 Å². The number of rotatable bonds is 3. The number of nitrogens with zero attached hydrogens (tertiary/aromatic N) is 1. The van der Waals surface area contributed by atoms with E-state index in [1.165, 1.54) is 0 Å². The summed E-state index contributed by atoms with van der Waals surface area (Å²) in [6.07, 6.45) is 1.59. The van der Waals surface area contributed by atoms with Crippen LogP contribution in [0.2, 0.25) is 0 Å². The highest BCUT2D eigenvalue weighted by Crippen LogP contribution is 2.05. The van der Waals surface area contributed by atoms with E-state index in [1.54, 1.807) is 18.3 Å². The van der Waals surface area contributed by atoms with Crippen LogP contribution in [0.5, 0.6) is 0 Å². The molecule has 0 aliphatic rings. The number of pyridine rings is 1. The molecule has 1 aromatic rings. The topological polar surface area (TPSA) is 94.0 Å². The van der Waals surface area contributed by atoms with E-state index in [1.807, 2.05) is 0 Å². The van der Waals surface area contributed by atoms with Crippen molar-refractivity contribution in [3.63, 3.8) is 0 Å². The zero-order valence-corrected chi connectivity index (χ0v) is 7.16. The monoisotopic (exact) mass is 180 g/mol. The van der Waals surface area contributed by atoms with E-state index in [4.69, 9.17) is 11.5 Å². The molecule has 0 aromatic carbocycles. The van der Waals surface area contributed by atoms with Gasteiger partial charge >= 0.3 is 0 Å². The first kappa shape index (κ1) is 9.63. The average Bonchev–Trinajstić information content (AvgIpc) is 2.18. The summed E-state index contributed by atoms with van der Waals surface area (Å²) in [5.74, 6) is 0.222. The third-order valence-corrected chi connectivity index (χ3v) is 1.51. The maximum absolute atomic E-state index is 10.9. The summed E-state index contributed by atoms with van der Waals surface area (Å²) in [7, 11) is 0. The van der Waals surface area contributed by atoms with Gasteiger partial charge in [0, 0.05) is 12.7 Å². The van der Waals surface area contributed by atoms with Gasteiger partial charge in [0.2, 0.25) is 5.91 Å². The van der Waals surface area contributed by atoms with Crippen LogP contribution in [0.3, 0.4) is 0 Å². The zero-order valence-electron chi connectivity index (χ0n) is 7.16. The molecule has 1 amide bonds. The fourth-order valence-corrected chi connectivity index (χ4v) is 0.863. The summed E-state index contributed by atoms with van der Waals surface area (Å²) in [5, 5.41) is 2.54. The second-order valence-electron chi connectivity index (χ2n) is 2.51. The molecule has 0 aliphatic carbocycles. The van der Waals surface area contributed by atoms with Crippen molar-refractivity contribution in [2.24, 2.45) is 11.5 Å². The fourth-order valence-electron chi connectivity index (χ4n) is 0.863. The molecule has 0 saturated heterocycles. The van der Waals surface area contributed by atoms with Crippen LogP contribution in [0.4, 0.5) is 5.82 Å². The molecule has 1 rings (SSSR count). The molecular formula is C8H12N4O. The lowest BCUT2D eigenvalue weighted by Gasteiger charge is -2.03. The normalized spacial score (nSPS) is 9.69. The fraction of sp³-hybridized carbons (Fsp3) is 0.250. The Morgan fingerprint density at radius 3 is 2.92 bits per heavy atom. The van der Waals surface area contributed by atoms with Crippen LogP contribution in [-0.4, -0.2) is 17.4 Å². The smallest absolute Gasteiger partial charge is 0.239 e. The van der Waals surface area contributed by atoms with Crippen LogP contribution >= 0.6 is 0 Å². The molecule has 1 heterocycles. The molecule has 5 N–H and O–H groups in total. The second-order valence-corrected chi connectivity index (χ2v) is 2.51. The highest BCUT2D eigenvalue weighted by atomic mass is 16.1. The molecule has 5 heteroatoms. The zero-order chi connectivity index (χ0) is 9.68. The van der Waals surface area contributed by atoms with E-state index in [9.17, 15) is 4.79 Å². The van der Waals surface area contributed by atoms with Gasteiger partial charge in [-0.15, -0.1) is 0 Å². The Labute approximate surface area is 76.1 Å². The number of hydrogen-bond acceptors (Lipinski definition) is 4. The van der Waals surface area contributed by atoms with E-state index in [0.29, 0.717) is 12.4 Å². The average molecular weight is 180 g/mol. The number of nitrogens with two attached hydrogens (primary N) is 2. The van der Waals surface area contributed by atoms with Crippen molar-refractivity contribution in [1.29, 1.82) is 0 Å². The van der Waals surface area contributed by atoms with Crippen molar-refractivity contribution in [3.05, 3.63) is 23.9 Å². The van der Waals surface area contributed by atoms with E-state index in [0.717, 1.165) is 5.56 Å². The number of hydrogen-bond donors (Lipinski definition) is 3. The van der Waals surface area contributed by atoms with Gasteiger partial charge in [0.05, 0.1) is 6.54 Å². The number of aromatic nitrogens is 1. The molecule has 0 radical (unpaired) electrons. The lowest BCUT2D eigenvalue weighted by atomic mass is 10.2. The van der Waals surface area contributed by atoms with E-state index in [-0.39, 0.29) is 12.5 Å². The minimum atomic E-state index is -0.262. The Morgan fingerprint density at radius 1 is 1.54 bits per heavy atom. The molecule has 70 valence electrons. The Kier molecular flexibility index (Phi) is 3.36. The first-order valence-electron chi connectivity index (χ1n) is 3.91. The van der Waals surface area contributed by atoms with Crippen LogP contribution < -0.4 is 16.8 Å². The van der Waals surface area contributed by atoms with Gasteiger partial charge in [-0.1, -0.05) is 0 Å². The summed E-state index contributed by atoms with van der Waals surface area (Å²) in [6, 6.07) is 3.51. The molecule has 1 aromatic heterocycles. The number of anilines is 1. The van der Waals surface area contributed by atoms with Gasteiger partial charge in [-0.05, 0) is 17.7 Å². The number of amides is 1. The minimum absolute atomic E-state index is 0.0471. The van der Waals surface area contributed by atoms with Crippen LogP contribution in [-0.2, 0) is 11.3 Å². The summed E-state index contributed by atoms with van der Waals surface area (Å²) < 4.78 is 0. The summed E-state index contributed by atoms with van der Waals surface area (Å²) >= 11 is 0. The van der Waals surface area contributed by atoms with Gasteiger partial charge < -0.3 is 16.8 Å². The van der Waals surface area contributed by atoms with Crippen molar-refractivity contribution in [1.82, 2.24) is 4.98 Å². The minimum Gasteiger partial charge on any atom is -0.326 e. The van der Waals surface area contributed by atoms with Crippen LogP contribution in [0.1, 0.15) is 5.56 Å². The molecule has 0 fully saturated rings. The number of carbonyl (C=O) groups excluding carboxylic acids is 1. The third-order valence-electron chi connectivity index (χ3n) is 1.51. The second kappa shape index (κ2) is 4.54.